The molecule has 0 saturated carbocycles. The van der Waals surface area contributed by atoms with E-state index in [1.165, 1.54) is 38.4 Å². The molecule has 0 heterocycles. The van der Waals surface area contributed by atoms with Gasteiger partial charge in [-0.15, -0.1) is 0 Å². The van der Waals surface area contributed by atoms with E-state index in [0.29, 0.717) is 17.6 Å². The van der Waals surface area contributed by atoms with Crippen LogP contribution in [0, 0.1) is 0 Å². The van der Waals surface area contributed by atoms with Gasteiger partial charge in [-0.1, -0.05) is 40.9 Å². The van der Waals surface area contributed by atoms with Gasteiger partial charge in [0.25, 0.3) is 15.9 Å². The Labute approximate surface area is 170 Å². The van der Waals surface area contributed by atoms with Crippen molar-refractivity contribution in [3.8, 4) is 0 Å². The van der Waals surface area contributed by atoms with Gasteiger partial charge in [-0.05, 0) is 30.7 Å². The van der Waals surface area contributed by atoms with Crippen LogP contribution >= 0.6 is 0 Å². The van der Waals surface area contributed by atoms with E-state index in [9.17, 15) is 18.0 Å². The van der Waals surface area contributed by atoms with Gasteiger partial charge in [0.05, 0.1) is 17.6 Å². The SMILES string of the molecule is CCN(Cc1ccccc1)C(=O)COC(=O)c1cccc(S(=O)(=O)N(C)OC)c1. The van der Waals surface area contributed by atoms with Crippen molar-refractivity contribution >= 4 is 21.9 Å². The highest BCUT2D eigenvalue weighted by Gasteiger charge is 2.23. The number of esters is 1. The third kappa shape index (κ3) is 5.86. The van der Waals surface area contributed by atoms with E-state index in [1.807, 2.05) is 37.3 Å². The number of hydrogen-bond donors (Lipinski definition) is 0. The molecule has 0 fully saturated rings. The standard InChI is InChI=1S/C20H24N2O6S/c1-4-22(14-16-9-6-5-7-10-16)19(23)15-28-20(24)17-11-8-12-18(13-17)29(25,26)21(2)27-3/h5-13H,4,14-15H2,1-3H3. The van der Waals surface area contributed by atoms with Crippen molar-refractivity contribution in [2.24, 2.45) is 0 Å². The van der Waals surface area contributed by atoms with Gasteiger partial charge in [0.15, 0.2) is 6.61 Å². The van der Waals surface area contributed by atoms with Gasteiger partial charge in [0.2, 0.25) is 0 Å². The maximum absolute atomic E-state index is 12.4. The highest BCUT2D eigenvalue weighted by molar-refractivity contribution is 7.89. The second kappa shape index (κ2) is 10.1. The fourth-order valence-corrected chi connectivity index (χ4v) is 3.53. The number of rotatable bonds is 9. The molecule has 0 aromatic heterocycles. The van der Waals surface area contributed by atoms with Crippen molar-refractivity contribution in [3.63, 3.8) is 0 Å². The van der Waals surface area contributed by atoms with Crippen LogP contribution in [0.1, 0.15) is 22.8 Å². The summed E-state index contributed by atoms with van der Waals surface area (Å²) in [6.07, 6.45) is 0. The minimum atomic E-state index is -3.90. The number of nitrogens with zero attached hydrogens (tertiary/aromatic N) is 2. The average molecular weight is 420 g/mol. The minimum Gasteiger partial charge on any atom is -0.452 e. The van der Waals surface area contributed by atoms with Gasteiger partial charge in [-0.2, -0.15) is 0 Å². The maximum atomic E-state index is 12.4. The number of ether oxygens (including phenoxy) is 1. The van der Waals surface area contributed by atoms with E-state index in [-0.39, 0.29) is 16.4 Å². The molecule has 156 valence electrons. The summed E-state index contributed by atoms with van der Waals surface area (Å²) < 4.78 is 30.4. The maximum Gasteiger partial charge on any atom is 0.338 e. The number of amides is 1. The Kier molecular flexibility index (Phi) is 7.89. The molecule has 0 N–H and O–H groups in total. The third-order valence-corrected chi connectivity index (χ3v) is 5.92. The Hall–Kier alpha value is -2.75. The minimum absolute atomic E-state index is 0.0227. The Bertz CT molecular complexity index is 946. The van der Waals surface area contributed by atoms with Crippen molar-refractivity contribution in [2.75, 3.05) is 27.3 Å². The molecule has 0 atom stereocenters. The Morgan fingerprint density at radius 1 is 1.03 bits per heavy atom. The van der Waals surface area contributed by atoms with Crippen LogP contribution < -0.4 is 0 Å². The molecular weight excluding hydrogens is 396 g/mol. The largest absolute Gasteiger partial charge is 0.452 e. The lowest BCUT2D eigenvalue weighted by Gasteiger charge is -2.21. The normalized spacial score (nSPS) is 11.3. The number of hydrogen-bond acceptors (Lipinski definition) is 6. The number of hydroxylamine groups is 1. The zero-order valence-corrected chi connectivity index (χ0v) is 17.4. The van der Waals surface area contributed by atoms with E-state index in [0.717, 1.165) is 5.56 Å². The summed E-state index contributed by atoms with van der Waals surface area (Å²) in [6, 6.07) is 14.8. The van der Waals surface area contributed by atoms with E-state index in [2.05, 4.69) is 0 Å². The van der Waals surface area contributed by atoms with Crippen molar-refractivity contribution in [3.05, 3.63) is 65.7 Å². The average Bonchev–Trinajstić information content (AvgIpc) is 2.75. The van der Waals surface area contributed by atoms with Gasteiger partial charge in [0, 0.05) is 20.1 Å². The summed E-state index contributed by atoms with van der Waals surface area (Å²) in [5.41, 5.74) is 0.990. The van der Waals surface area contributed by atoms with E-state index < -0.39 is 22.6 Å². The van der Waals surface area contributed by atoms with Gasteiger partial charge in [-0.25, -0.2) is 13.2 Å². The highest BCUT2D eigenvalue weighted by Crippen LogP contribution is 2.16. The fourth-order valence-electron chi connectivity index (χ4n) is 2.51. The molecule has 0 radical (unpaired) electrons. The monoisotopic (exact) mass is 420 g/mol. The Balaban J connectivity index is 2.03. The Morgan fingerprint density at radius 3 is 2.34 bits per heavy atom. The van der Waals surface area contributed by atoms with Crippen LogP contribution in [0.2, 0.25) is 0 Å². The van der Waals surface area contributed by atoms with Crippen LogP contribution in [0.5, 0.6) is 0 Å². The lowest BCUT2D eigenvalue weighted by molar-refractivity contribution is -0.134. The Morgan fingerprint density at radius 2 is 1.72 bits per heavy atom. The lowest BCUT2D eigenvalue weighted by atomic mass is 10.2. The van der Waals surface area contributed by atoms with Gasteiger partial charge in [-0.3, -0.25) is 9.63 Å². The molecule has 8 nitrogen and oxygen atoms in total. The summed E-state index contributed by atoms with van der Waals surface area (Å²) in [5, 5.41) is 0. The molecule has 0 aliphatic heterocycles. The van der Waals surface area contributed by atoms with Crippen LogP contribution in [-0.2, 0) is 30.9 Å². The smallest absolute Gasteiger partial charge is 0.338 e. The predicted molar refractivity (Wildman–Crippen MR) is 106 cm³/mol. The van der Waals surface area contributed by atoms with Crippen LogP contribution in [0.4, 0.5) is 0 Å². The summed E-state index contributed by atoms with van der Waals surface area (Å²) >= 11 is 0. The second-order valence-corrected chi connectivity index (χ2v) is 8.03. The quantitative estimate of drug-likeness (QED) is 0.455. The first-order chi connectivity index (χ1) is 13.8. The molecule has 0 aliphatic rings. The predicted octanol–water partition coefficient (Wildman–Crippen LogP) is 2.07. The molecule has 1 amide bonds. The zero-order valence-electron chi connectivity index (χ0n) is 16.6. The molecule has 0 saturated heterocycles. The second-order valence-electron chi connectivity index (χ2n) is 6.09. The zero-order chi connectivity index (χ0) is 21.4. The molecule has 0 bridgehead atoms. The summed E-state index contributed by atoms with van der Waals surface area (Å²) in [6.45, 7) is 2.27. The molecule has 2 rings (SSSR count). The number of carbonyl (C=O) groups excluding carboxylic acids is 2. The van der Waals surface area contributed by atoms with Crippen molar-refractivity contribution < 1.29 is 27.6 Å². The van der Waals surface area contributed by atoms with Crippen LogP contribution in [0.3, 0.4) is 0 Å². The number of carbonyl (C=O) groups is 2. The summed E-state index contributed by atoms with van der Waals surface area (Å²) in [4.78, 5) is 30.9. The molecule has 2 aromatic carbocycles. The number of likely N-dealkylation sites (N-methyl/N-ethyl adjacent to an activating group) is 1. The lowest BCUT2D eigenvalue weighted by Crippen LogP contribution is -2.34. The highest BCUT2D eigenvalue weighted by atomic mass is 32.2. The number of sulfonamides is 1. The topological polar surface area (TPSA) is 93.2 Å². The number of benzene rings is 2. The van der Waals surface area contributed by atoms with E-state index in [1.54, 1.807) is 4.90 Å². The van der Waals surface area contributed by atoms with Gasteiger partial charge >= 0.3 is 5.97 Å². The van der Waals surface area contributed by atoms with Crippen LogP contribution in [0.25, 0.3) is 0 Å². The summed E-state index contributed by atoms with van der Waals surface area (Å²) in [5.74, 6) is -1.13. The van der Waals surface area contributed by atoms with Crippen molar-refractivity contribution in [1.29, 1.82) is 0 Å². The fraction of sp³-hybridized carbons (Fsp3) is 0.300. The van der Waals surface area contributed by atoms with Crippen LogP contribution in [0.15, 0.2) is 59.5 Å². The molecule has 0 spiro atoms. The summed E-state index contributed by atoms with van der Waals surface area (Å²) in [7, 11) is -1.44. The van der Waals surface area contributed by atoms with Crippen LogP contribution in [-0.4, -0.2) is 57.0 Å². The first-order valence-corrected chi connectivity index (χ1v) is 10.4. The molecule has 2 aromatic rings. The molecule has 0 unspecified atom stereocenters. The van der Waals surface area contributed by atoms with Crippen molar-refractivity contribution in [1.82, 2.24) is 9.37 Å². The molecule has 9 heteroatoms. The van der Waals surface area contributed by atoms with Gasteiger partial charge < -0.3 is 9.64 Å². The molecular formula is C20H24N2O6S. The first kappa shape index (κ1) is 22.5. The third-order valence-electron chi connectivity index (χ3n) is 4.24. The van der Waals surface area contributed by atoms with Gasteiger partial charge in [0.1, 0.15) is 0 Å². The first-order valence-electron chi connectivity index (χ1n) is 8.91. The molecule has 29 heavy (non-hydrogen) atoms. The molecule has 0 aliphatic carbocycles. The van der Waals surface area contributed by atoms with E-state index in [4.69, 9.17) is 9.57 Å². The van der Waals surface area contributed by atoms with Crippen molar-refractivity contribution in [2.45, 2.75) is 18.4 Å². The van der Waals surface area contributed by atoms with E-state index >= 15 is 0 Å².